The molecule has 4 aromatic rings. The Morgan fingerprint density at radius 3 is 2.02 bits per heavy atom. The van der Waals surface area contributed by atoms with Crippen LogP contribution in [0.4, 0.5) is 0 Å². The van der Waals surface area contributed by atoms with Crippen molar-refractivity contribution in [2.45, 2.75) is 104 Å². The minimum atomic E-state index is -1.60. The van der Waals surface area contributed by atoms with Gasteiger partial charge in [-0.3, -0.25) is 14.4 Å². The predicted molar refractivity (Wildman–Crippen MR) is 237 cm³/mol. The predicted octanol–water partition coefficient (Wildman–Crippen LogP) is 8.89. The smallest absolute Gasteiger partial charge is 0.326 e. The first-order chi connectivity index (χ1) is 28.8. The van der Waals surface area contributed by atoms with Crippen molar-refractivity contribution in [2.24, 2.45) is 9.98 Å². The van der Waals surface area contributed by atoms with Gasteiger partial charge in [-0.15, -0.1) is 0 Å². The van der Waals surface area contributed by atoms with Gasteiger partial charge in [-0.05, 0) is 77.6 Å². The van der Waals surface area contributed by atoms with E-state index in [2.05, 4.69) is 55.0 Å². The number of carbonyl (C=O) groups excluding carboxylic acids is 3. The third-order valence-corrected chi connectivity index (χ3v) is 9.87. The number of carbonyl (C=O) groups is 4. The highest BCUT2D eigenvalue weighted by Crippen LogP contribution is 2.23. The second-order valence-electron chi connectivity index (χ2n) is 15.7. The average molecular weight is 815 g/mol. The molecule has 2 atom stereocenters. The number of esters is 1. The van der Waals surface area contributed by atoms with E-state index in [1.807, 2.05) is 49.4 Å². The number of carboxylic acids is 1. The SMILES string of the molecule is C=N/C(=N\C=C(/C)c1ccc(OCCCCCCC)cc1)c1ccc(C[C@H](NC(=O)c2ccc(C(C)(C)C)cc2)C(=O)N[C@@H](CC(=O)OCc2ccccc2)C(=O)O)cc1. The molecule has 60 heavy (non-hydrogen) atoms. The summed E-state index contributed by atoms with van der Waals surface area (Å²) < 4.78 is 11.2. The summed E-state index contributed by atoms with van der Waals surface area (Å²) in [5, 5.41) is 15.2. The monoisotopic (exact) mass is 814 g/mol. The van der Waals surface area contributed by atoms with Gasteiger partial charge in [0.2, 0.25) is 5.91 Å². The Kier molecular flexibility index (Phi) is 18.0. The van der Waals surface area contributed by atoms with E-state index in [0.29, 0.717) is 29.1 Å². The topological polar surface area (TPSA) is 156 Å². The first kappa shape index (κ1) is 46.3. The summed E-state index contributed by atoms with van der Waals surface area (Å²) in [5.41, 5.74) is 5.19. The molecule has 4 rings (SSSR count). The fourth-order valence-corrected chi connectivity index (χ4v) is 6.18. The molecule has 0 unspecified atom stereocenters. The zero-order valence-corrected chi connectivity index (χ0v) is 35.4. The van der Waals surface area contributed by atoms with Crippen LogP contribution in [0.1, 0.15) is 111 Å². The number of benzene rings is 4. The fourth-order valence-electron chi connectivity index (χ4n) is 6.18. The summed E-state index contributed by atoms with van der Waals surface area (Å²) >= 11 is 0. The minimum absolute atomic E-state index is 0.00823. The van der Waals surface area contributed by atoms with E-state index < -0.39 is 42.3 Å². The number of nitrogens with zero attached hydrogens (tertiary/aromatic N) is 2. The Morgan fingerprint density at radius 1 is 0.767 bits per heavy atom. The van der Waals surface area contributed by atoms with Crippen LogP contribution in [-0.2, 0) is 37.6 Å². The number of carboxylic acid groups (broad SMARTS) is 1. The maximum Gasteiger partial charge on any atom is 0.326 e. The van der Waals surface area contributed by atoms with Crippen LogP contribution >= 0.6 is 0 Å². The van der Waals surface area contributed by atoms with E-state index in [0.717, 1.165) is 34.4 Å². The number of rotatable bonds is 21. The number of allylic oxidation sites excluding steroid dienone is 1. The van der Waals surface area contributed by atoms with Crippen molar-refractivity contribution in [3.05, 3.63) is 143 Å². The van der Waals surface area contributed by atoms with Crippen LogP contribution in [0.25, 0.3) is 5.57 Å². The molecule has 0 fully saturated rings. The molecule has 0 aliphatic carbocycles. The molecule has 0 aliphatic heterocycles. The van der Waals surface area contributed by atoms with E-state index >= 15 is 0 Å². The van der Waals surface area contributed by atoms with E-state index in [1.54, 1.807) is 66.9 Å². The van der Waals surface area contributed by atoms with Crippen molar-refractivity contribution < 1.29 is 33.8 Å². The maximum absolute atomic E-state index is 13.8. The second-order valence-corrected chi connectivity index (χ2v) is 15.7. The van der Waals surface area contributed by atoms with E-state index in [4.69, 9.17) is 9.47 Å². The van der Waals surface area contributed by atoms with Gasteiger partial charge in [-0.2, -0.15) is 0 Å². The van der Waals surface area contributed by atoms with Crippen molar-refractivity contribution in [2.75, 3.05) is 6.61 Å². The summed E-state index contributed by atoms with van der Waals surface area (Å²) in [4.78, 5) is 60.9. The molecule has 4 aromatic carbocycles. The average Bonchev–Trinajstić information content (AvgIpc) is 3.24. The summed E-state index contributed by atoms with van der Waals surface area (Å²) in [6.45, 7) is 14.7. The molecule has 0 spiro atoms. The van der Waals surface area contributed by atoms with Crippen LogP contribution in [0.2, 0.25) is 0 Å². The lowest BCUT2D eigenvalue weighted by atomic mass is 9.86. The lowest BCUT2D eigenvalue weighted by molar-refractivity contribution is -0.151. The molecule has 0 bridgehead atoms. The lowest BCUT2D eigenvalue weighted by Gasteiger charge is -2.22. The number of hydrogen-bond donors (Lipinski definition) is 3. The fraction of sp³-hybridized carbons (Fsp3) is 0.347. The Balaban J connectivity index is 1.47. The van der Waals surface area contributed by atoms with Crippen molar-refractivity contribution in [1.82, 2.24) is 10.6 Å². The maximum atomic E-state index is 13.8. The molecule has 0 radical (unpaired) electrons. The standard InChI is InChI=1S/C49H58N4O7/c1-7-8-9-10-14-29-59-41-27-23-37(24-28-41)34(2)32-51-45(50-6)38-19-17-35(18-20-38)30-42(52-46(55)39-21-25-40(26-22-39)49(3,4)5)47(56)53-43(48(57)58)31-44(54)60-33-36-15-12-11-13-16-36/h11-13,15-28,32,42-43H,6-10,14,29-31,33H2,1-5H3,(H,52,55)(H,53,56)(H,57,58)/b34-32+,51-45-/t42-,43-/m0/s1. The van der Waals surface area contributed by atoms with Crippen LogP contribution in [0.3, 0.4) is 0 Å². The Hall–Kier alpha value is -6.36. The normalized spacial score (nSPS) is 12.8. The van der Waals surface area contributed by atoms with E-state index in [1.165, 1.54) is 25.7 Å². The molecule has 0 aromatic heterocycles. The van der Waals surface area contributed by atoms with Crippen molar-refractivity contribution in [3.63, 3.8) is 0 Å². The molecule has 11 nitrogen and oxygen atoms in total. The van der Waals surface area contributed by atoms with Gasteiger partial charge in [0.15, 0.2) is 5.84 Å². The number of amides is 2. The minimum Gasteiger partial charge on any atom is -0.494 e. The summed E-state index contributed by atoms with van der Waals surface area (Å²) in [6, 6.07) is 28.2. The van der Waals surface area contributed by atoms with E-state index in [9.17, 15) is 24.3 Å². The molecule has 2 amide bonds. The number of ether oxygens (including phenoxy) is 2. The third-order valence-electron chi connectivity index (χ3n) is 9.87. The molecular formula is C49H58N4O7. The van der Waals surface area contributed by atoms with Gasteiger partial charge in [0, 0.05) is 23.7 Å². The summed E-state index contributed by atoms with van der Waals surface area (Å²) in [6.07, 6.45) is 7.03. The number of nitrogens with one attached hydrogen (secondary N) is 2. The zero-order chi connectivity index (χ0) is 43.5. The quantitative estimate of drug-likeness (QED) is 0.0328. The molecule has 0 aliphatic rings. The van der Waals surface area contributed by atoms with Crippen molar-refractivity contribution in [1.29, 1.82) is 0 Å². The molecule has 3 N–H and O–H groups in total. The van der Waals surface area contributed by atoms with Gasteiger partial charge >= 0.3 is 11.9 Å². The molecule has 0 saturated heterocycles. The van der Waals surface area contributed by atoms with Gasteiger partial charge in [0.1, 0.15) is 24.4 Å². The van der Waals surface area contributed by atoms with Gasteiger partial charge in [-0.25, -0.2) is 14.8 Å². The second kappa shape index (κ2) is 23.3. The first-order valence-corrected chi connectivity index (χ1v) is 20.4. The van der Waals surface area contributed by atoms with Gasteiger partial charge in [0.25, 0.3) is 5.91 Å². The molecule has 11 heteroatoms. The number of hydrogen-bond acceptors (Lipinski definition) is 7. The van der Waals surface area contributed by atoms with Crippen LogP contribution in [0.5, 0.6) is 5.75 Å². The molecule has 0 saturated carbocycles. The van der Waals surface area contributed by atoms with Crippen LogP contribution in [-0.4, -0.2) is 60.1 Å². The number of amidine groups is 1. The van der Waals surface area contributed by atoms with Crippen LogP contribution in [0.15, 0.2) is 119 Å². The molecular weight excluding hydrogens is 757 g/mol. The number of aliphatic carboxylic acids is 1. The number of aliphatic imine (C=N–C) groups is 2. The highest BCUT2D eigenvalue weighted by atomic mass is 16.5. The lowest BCUT2D eigenvalue weighted by Crippen LogP contribution is -2.53. The highest BCUT2D eigenvalue weighted by Gasteiger charge is 2.29. The van der Waals surface area contributed by atoms with Crippen LogP contribution in [0, 0.1) is 0 Å². The Morgan fingerprint density at radius 2 is 1.40 bits per heavy atom. The van der Waals surface area contributed by atoms with Crippen LogP contribution < -0.4 is 15.4 Å². The summed E-state index contributed by atoms with van der Waals surface area (Å²) in [7, 11) is 0. The van der Waals surface area contributed by atoms with Gasteiger partial charge < -0.3 is 25.2 Å². The van der Waals surface area contributed by atoms with Gasteiger partial charge in [-0.1, -0.05) is 132 Å². The zero-order valence-electron chi connectivity index (χ0n) is 35.4. The Bertz CT molecular complexity index is 2090. The molecule has 0 heterocycles. The largest absolute Gasteiger partial charge is 0.494 e. The first-order valence-electron chi connectivity index (χ1n) is 20.4. The van der Waals surface area contributed by atoms with Crippen molar-refractivity contribution in [3.8, 4) is 5.75 Å². The highest BCUT2D eigenvalue weighted by molar-refractivity contribution is 6.02. The third kappa shape index (κ3) is 15.1. The number of unbranched alkanes of at least 4 members (excludes halogenated alkanes) is 4. The van der Waals surface area contributed by atoms with Gasteiger partial charge in [0.05, 0.1) is 13.0 Å². The molecule has 316 valence electrons. The van der Waals surface area contributed by atoms with E-state index in [-0.39, 0.29) is 18.4 Å². The Labute approximate surface area is 354 Å². The summed E-state index contributed by atoms with van der Waals surface area (Å²) in [5.74, 6) is -2.31. The van der Waals surface area contributed by atoms with Crippen molar-refractivity contribution >= 4 is 41.9 Å².